The smallest absolute Gasteiger partial charge is 0.416 e. The number of hydrogen-bond acceptors (Lipinski definition) is 5. The summed E-state index contributed by atoms with van der Waals surface area (Å²) < 4.78 is 44.3. The van der Waals surface area contributed by atoms with Crippen LogP contribution in [0.1, 0.15) is 37.0 Å². The summed E-state index contributed by atoms with van der Waals surface area (Å²) in [6.07, 6.45) is -1.40. The lowest BCUT2D eigenvalue weighted by atomic mass is 10.1. The van der Waals surface area contributed by atoms with Crippen LogP contribution >= 0.6 is 0 Å². The number of hydrogen-bond donors (Lipinski definition) is 1. The van der Waals surface area contributed by atoms with Crippen molar-refractivity contribution in [3.05, 3.63) is 71.8 Å². The summed E-state index contributed by atoms with van der Waals surface area (Å²) >= 11 is 0. The summed E-state index contributed by atoms with van der Waals surface area (Å²) in [6.45, 7) is 8.03. The second kappa shape index (κ2) is 11.7. The summed E-state index contributed by atoms with van der Waals surface area (Å²) in [5, 5.41) is 3.44. The van der Waals surface area contributed by atoms with Crippen LogP contribution in [0.4, 0.5) is 18.9 Å². The Hall–Kier alpha value is -2.84. The molecule has 0 atom stereocenters. The number of nitrogens with one attached hydrogen (secondary N) is 1. The van der Waals surface area contributed by atoms with Crippen molar-refractivity contribution >= 4 is 5.69 Å². The molecule has 1 saturated heterocycles. The molecule has 1 aliphatic heterocycles. The van der Waals surface area contributed by atoms with Crippen LogP contribution in [-0.4, -0.2) is 49.2 Å². The normalized spacial score (nSPS) is 15.0. The Morgan fingerprint density at radius 2 is 1.69 bits per heavy atom. The van der Waals surface area contributed by atoms with E-state index in [2.05, 4.69) is 34.2 Å². The molecule has 5 nitrogen and oxygen atoms in total. The van der Waals surface area contributed by atoms with Crippen LogP contribution in [-0.2, 0) is 19.1 Å². The third-order valence-electron chi connectivity index (χ3n) is 6.30. The first kappa shape index (κ1) is 25.3. The topological polar surface area (TPSA) is 44.5 Å². The van der Waals surface area contributed by atoms with Gasteiger partial charge in [0.1, 0.15) is 11.5 Å². The second-order valence-electron chi connectivity index (χ2n) is 8.90. The molecule has 2 aromatic carbocycles. The van der Waals surface area contributed by atoms with Crippen molar-refractivity contribution in [2.75, 3.05) is 44.2 Å². The van der Waals surface area contributed by atoms with E-state index in [4.69, 9.17) is 9.40 Å². The molecule has 2 heterocycles. The van der Waals surface area contributed by atoms with Crippen LogP contribution in [0.2, 0.25) is 0 Å². The molecule has 3 aromatic rings. The van der Waals surface area contributed by atoms with Gasteiger partial charge < -0.3 is 14.6 Å². The van der Waals surface area contributed by atoms with Gasteiger partial charge in [0.15, 0.2) is 0 Å². The standard InChI is InChI=1S/C27H33F3N4O/c1-2-7-24-26(21-8-4-3-5-9-21)32-25(35-24)20-31-14-6-15-33-16-18-34(19-17-33)23-12-10-22(11-13-23)27(28,29)30/h3-5,8-13,31H,2,6-7,14-20H2,1H3. The molecule has 1 N–H and O–H groups in total. The number of benzene rings is 2. The fraction of sp³-hybridized carbons (Fsp3) is 0.444. The van der Waals surface area contributed by atoms with E-state index in [1.807, 2.05) is 18.2 Å². The highest BCUT2D eigenvalue weighted by molar-refractivity contribution is 5.61. The highest BCUT2D eigenvalue weighted by Gasteiger charge is 2.30. The van der Waals surface area contributed by atoms with Gasteiger partial charge >= 0.3 is 6.18 Å². The molecular weight excluding hydrogens is 453 g/mol. The zero-order valence-corrected chi connectivity index (χ0v) is 20.2. The second-order valence-corrected chi connectivity index (χ2v) is 8.90. The summed E-state index contributed by atoms with van der Waals surface area (Å²) in [4.78, 5) is 9.29. The first-order valence-corrected chi connectivity index (χ1v) is 12.3. The van der Waals surface area contributed by atoms with Gasteiger partial charge in [0, 0.05) is 43.9 Å². The number of nitrogens with zero attached hydrogens (tertiary/aromatic N) is 3. The maximum absolute atomic E-state index is 12.8. The van der Waals surface area contributed by atoms with Gasteiger partial charge in [-0.1, -0.05) is 37.3 Å². The largest absolute Gasteiger partial charge is 0.444 e. The lowest BCUT2D eigenvalue weighted by Gasteiger charge is -2.36. The van der Waals surface area contributed by atoms with E-state index in [9.17, 15) is 13.2 Å². The van der Waals surface area contributed by atoms with E-state index < -0.39 is 11.7 Å². The molecule has 0 amide bonds. The van der Waals surface area contributed by atoms with Crippen LogP contribution in [0.15, 0.2) is 59.0 Å². The van der Waals surface area contributed by atoms with E-state index in [-0.39, 0.29) is 0 Å². The third-order valence-corrected chi connectivity index (χ3v) is 6.30. The SMILES string of the molecule is CCCc1oc(CNCCCN2CCN(c3ccc(C(F)(F)F)cc3)CC2)nc1-c1ccccc1. The molecule has 0 radical (unpaired) electrons. The van der Waals surface area contributed by atoms with Crippen molar-refractivity contribution in [1.29, 1.82) is 0 Å². The lowest BCUT2D eigenvalue weighted by Crippen LogP contribution is -2.47. The Balaban J connectivity index is 1.18. The van der Waals surface area contributed by atoms with Crippen LogP contribution < -0.4 is 10.2 Å². The van der Waals surface area contributed by atoms with Crippen molar-refractivity contribution in [3.63, 3.8) is 0 Å². The average Bonchev–Trinajstić information content (AvgIpc) is 3.27. The maximum atomic E-state index is 12.8. The number of rotatable bonds is 10. The number of aromatic nitrogens is 1. The zero-order valence-electron chi connectivity index (χ0n) is 20.2. The molecule has 0 aliphatic carbocycles. The Bertz CT molecular complexity index is 1040. The third kappa shape index (κ3) is 6.86. The molecule has 1 aromatic heterocycles. The number of oxazole rings is 1. The predicted molar refractivity (Wildman–Crippen MR) is 132 cm³/mol. The molecule has 188 valence electrons. The van der Waals surface area contributed by atoms with Gasteiger partial charge in [-0.3, -0.25) is 4.90 Å². The zero-order chi connectivity index (χ0) is 24.7. The molecule has 4 rings (SSSR count). The van der Waals surface area contributed by atoms with Crippen LogP contribution in [0, 0.1) is 0 Å². The van der Waals surface area contributed by atoms with Crippen LogP contribution in [0.3, 0.4) is 0 Å². The molecule has 0 unspecified atom stereocenters. The summed E-state index contributed by atoms with van der Waals surface area (Å²) in [7, 11) is 0. The van der Waals surface area contributed by atoms with Gasteiger partial charge in [0.25, 0.3) is 0 Å². The van der Waals surface area contributed by atoms with E-state index in [1.165, 1.54) is 0 Å². The highest BCUT2D eigenvalue weighted by atomic mass is 19.4. The molecule has 0 spiro atoms. The van der Waals surface area contributed by atoms with Gasteiger partial charge in [-0.25, -0.2) is 4.98 Å². The number of halogens is 3. The number of anilines is 1. The lowest BCUT2D eigenvalue weighted by molar-refractivity contribution is -0.137. The Labute approximate surface area is 204 Å². The van der Waals surface area contributed by atoms with E-state index in [1.54, 1.807) is 12.1 Å². The Kier molecular flexibility index (Phi) is 8.46. The number of alkyl halides is 3. The van der Waals surface area contributed by atoms with Crippen molar-refractivity contribution in [2.45, 2.75) is 38.9 Å². The monoisotopic (exact) mass is 486 g/mol. The minimum atomic E-state index is -4.29. The van der Waals surface area contributed by atoms with Crippen LogP contribution in [0.5, 0.6) is 0 Å². The van der Waals surface area contributed by atoms with Crippen LogP contribution in [0.25, 0.3) is 11.3 Å². The molecule has 1 fully saturated rings. The molecule has 0 saturated carbocycles. The quantitative estimate of drug-likeness (QED) is 0.377. The average molecular weight is 487 g/mol. The number of piperazine rings is 1. The van der Waals surface area contributed by atoms with Crippen molar-refractivity contribution in [1.82, 2.24) is 15.2 Å². The summed E-state index contributed by atoms with van der Waals surface area (Å²) in [5.74, 6) is 1.67. The first-order chi connectivity index (χ1) is 16.9. The fourth-order valence-corrected chi connectivity index (χ4v) is 4.41. The van der Waals surface area contributed by atoms with Gasteiger partial charge in [0.2, 0.25) is 5.89 Å². The minimum Gasteiger partial charge on any atom is -0.444 e. The Morgan fingerprint density at radius 3 is 2.34 bits per heavy atom. The van der Waals surface area contributed by atoms with E-state index in [0.29, 0.717) is 6.54 Å². The molecule has 8 heteroatoms. The van der Waals surface area contributed by atoms with Crippen molar-refractivity contribution in [2.24, 2.45) is 0 Å². The minimum absolute atomic E-state index is 0.602. The first-order valence-electron chi connectivity index (χ1n) is 12.3. The maximum Gasteiger partial charge on any atom is 0.416 e. The summed E-state index contributed by atoms with van der Waals surface area (Å²) in [6, 6.07) is 15.6. The molecule has 35 heavy (non-hydrogen) atoms. The fourth-order valence-electron chi connectivity index (χ4n) is 4.41. The van der Waals surface area contributed by atoms with Gasteiger partial charge in [-0.05, 0) is 50.2 Å². The molecule has 1 aliphatic rings. The summed E-state index contributed by atoms with van der Waals surface area (Å²) in [5.41, 5.74) is 2.27. The van der Waals surface area contributed by atoms with Gasteiger partial charge in [0.05, 0.1) is 12.1 Å². The van der Waals surface area contributed by atoms with Crippen molar-refractivity contribution < 1.29 is 17.6 Å². The Morgan fingerprint density at radius 1 is 0.971 bits per heavy atom. The highest BCUT2D eigenvalue weighted by Crippen LogP contribution is 2.30. The molecular formula is C27H33F3N4O. The van der Waals surface area contributed by atoms with E-state index >= 15 is 0 Å². The predicted octanol–water partition coefficient (Wildman–Crippen LogP) is 5.61. The molecule has 0 bridgehead atoms. The van der Waals surface area contributed by atoms with Crippen molar-refractivity contribution in [3.8, 4) is 11.3 Å². The van der Waals surface area contributed by atoms with Gasteiger partial charge in [-0.2, -0.15) is 13.2 Å². The van der Waals surface area contributed by atoms with E-state index in [0.717, 1.165) is 99.3 Å². The van der Waals surface area contributed by atoms with Gasteiger partial charge in [-0.15, -0.1) is 0 Å². The number of aryl methyl sites for hydroxylation is 1.